The molecule has 4 rings (SSSR count). The molecule has 0 aliphatic carbocycles. The van der Waals surface area contributed by atoms with Crippen molar-refractivity contribution >= 4 is 23.2 Å². The minimum absolute atomic E-state index is 0.0700. The molecule has 2 saturated heterocycles. The first-order valence-electron chi connectivity index (χ1n) is 12.5. The Morgan fingerprint density at radius 1 is 1.00 bits per heavy atom. The van der Waals surface area contributed by atoms with E-state index < -0.39 is 0 Å². The number of likely N-dealkylation sites (tertiary alicyclic amines) is 2. The van der Waals surface area contributed by atoms with Crippen LogP contribution in [0.1, 0.15) is 43.0 Å². The molecule has 178 valence electrons. The van der Waals surface area contributed by atoms with Crippen molar-refractivity contribution in [2.45, 2.75) is 51.5 Å². The highest BCUT2D eigenvalue weighted by molar-refractivity contribution is 7.09. The number of nitrogens with zero attached hydrogens (tertiary/aromatic N) is 2. The molecule has 2 amide bonds. The first-order chi connectivity index (χ1) is 16.1. The number of hydrogen-bond acceptors (Lipinski definition) is 4. The summed E-state index contributed by atoms with van der Waals surface area (Å²) in [5, 5.41) is 5.18. The predicted molar refractivity (Wildman–Crippen MR) is 134 cm³/mol. The van der Waals surface area contributed by atoms with Gasteiger partial charge in [-0.2, -0.15) is 0 Å². The maximum atomic E-state index is 13.1. The molecule has 5 nitrogen and oxygen atoms in total. The summed E-state index contributed by atoms with van der Waals surface area (Å²) >= 11 is 1.73. The molecule has 2 aliphatic rings. The van der Waals surface area contributed by atoms with Crippen molar-refractivity contribution in [3.05, 3.63) is 58.3 Å². The van der Waals surface area contributed by atoms with Gasteiger partial charge < -0.3 is 10.2 Å². The van der Waals surface area contributed by atoms with E-state index in [1.165, 1.54) is 10.4 Å². The number of thiophene rings is 1. The zero-order valence-electron chi connectivity index (χ0n) is 19.7. The summed E-state index contributed by atoms with van der Waals surface area (Å²) in [7, 11) is 0. The van der Waals surface area contributed by atoms with Gasteiger partial charge in [0.1, 0.15) is 0 Å². The van der Waals surface area contributed by atoms with Gasteiger partial charge in [-0.25, -0.2) is 0 Å². The highest BCUT2D eigenvalue weighted by Gasteiger charge is 2.33. The zero-order valence-corrected chi connectivity index (χ0v) is 20.6. The third kappa shape index (κ3) is 6.67. The van der Waals surface area contributed by atoms with E-state index in [1.807, 2.05) is 13.0 Å². The molecule has 0 bridgehead atoms. The second-order valence-electron chi connectivity index (χ2n) is 9.56. The highest BCUT2D eigenvalue weighted by atomic mass is 32.1. The Kier molecular flexibility index (Phi) is 8.57. The van der Waals surface area contributed by atoms with E-state index in [0.29, 0.717) is 12.5 Å². The molecule has 2 aromatic rings. The number of rotatable bonds is 8. The van der Waals surface area contributed by atoms with Crippen molar-refractivity contribution in [1.29, 1.82) is 0 Å². The third-order valence-corrected chi connectivity index (χ3v) is 8.29. The monoisotopic (exact) mass is 467 g/mol. The molecule has 1 aromatic heterocycles. The highest BCUT2D eigenvalue weighted by Crippen LogP contribution is 2.24. The van der Waals surface area contributed by atoms with Crippen molar-refractivity contribution in [1.82, 2.24) is 15.1 Å². The zero-order chi connectivity index (χ0) is 23.0. The fourth-order valence-corrected chi connectivity index (χ4v) is 5.89. The van der Waals surface area contributed by atoms with E-state index in [9.17, 15) is 9.59 Å². The largest absolute Gasteiger partial charge is 0.355 e. The summed E-state index contributed by atoms with van der Waals surface area (Å²) in [6.07, 6.45) is 5.85. The average Bonchev–Trinajstić information content (AvgIpc) is 3.38. The van der Waals surface area contributed by atoms with Crippen LogP contribution in [-0.2, 0) is 22.4 Å². The molecule has 0 spiro atoms. The Labute approximate surface area is 202 Å². The first kappa shape index (κ1) is 24.0. The number of carbonyl (C=O) groups excluding carboxylic acids is 2. The number of nitrogens with one attached hydrogen (secondary N) is 1. The Morgan fingerprint density at radius 2 is 1.73 bits per heavy atom. The third-order valence-electron chi connectivity index (χ3n) is 7.35. The molecule has 3 heterocycles. The van der Waals surface area contributed by atoms with Gasteiger partial charge in [-0.1, -0.05) is 36.4 Å². The Bertz CT molecular complexity index is 870. The van der Waals surface area contributed by atoms with Gasteiger partial charge in [-0.3, -0.25) is 14.5 Å². The van der Waals surface area contributed by atoms with Crippen molar-refractivity contribution in [2.75, 3.05) is 32.7 Å². The lowest BCUT2D eigenvalue weighted by Gasteiger charge is -2.39. The van der Waals surface area contributed by atoms with Gasteiger partial charge in [0.15, 0.2) is 0 Å². The maximum Gasteiger partial charge on any atom is 0.239 e. The fourth-order valence-electron chi connectivity index (χ4n) is 5.18. The maximum absolute atomic E-state index is 13.1. The number of amides is 2. The SMILES string of the molecule is CC(C(=O)N1CCC(Cc2ccccc2)CC1)N1CCC(C(=O)NCCc2cccs2)CC1. The first-order valence-corrected chi connectivity index (χ1v) is 13.3. The summed E-state index contributed by atoms with van der Waals surface area (Å²) in [5.74, 6) is 1.17. The van der Waals surface area contributed by atoms with E-state index >= 15 is 0 Å². The smallest absolute Gasteiger partial charge is 0.239 e. The quantitative estimate of drug-likeness (QED) is 0.639. The van der Waals surface area contributed by atoms with Gasteiger partial charge in [0.05, 0.1) is 6.04 Å². The summed E-state index contributed by atoms with van der Waals surface area (Å²) in [6.45, 7) is 6.11. The lowest BCUT2D eigenvalue weighted by molar-refractivity contribution is -0.138. The molecule has 0 saturated carbocycles. The average molecular weight is 468 g/mol. The molecule has 1 unspecified atom stereocenters. The summed E-state index contributed by atoms with van der Waals surface area (Å²) in [6, 6.07) is 14.7. The van der Waals surface area contributed by atoms with Gasteiger partial charge in [-0.15, -0.1) is 11.3 Å². The summed E-state index contributed by atoms with van der Waals surface area (Å²) in [5.41, 5.74) is 1.40. The van der Waals surface area contributed by atoms with Gasteiger partial charge in [0.2, 0.25) is 11.8 Å². The molecule has 33 heavy (non-hydrogen) atoms. The van der Waals surface area contributed by atoms with Crippen LogP contribution >= 0.6 is 11.3 Å². The number of benzene rings is 1. The van der Waals surface area contributed by atoms with E-state index in [2.05, 4.69) is 56.9 Å². The molecular formula is C27H37N3O2S. The van der Waals surface area contributed by atoms with Crippen molar-refractivity contribution in [2.24, 2.45) is 11.8 Å². The lowest BCUT2D eigenvalue weighted by Crippen LogP contribution is -2.52. The van der Waals surface area contributed by atoms with Crippen LogP contribution in [-0.4, -0.2) is 60.4 Å². The molecule has 1 aromatic carbocycles. The lowest BCUT2D eigenvalue weighted by atomic mass is 9.90. The van der Waals surface area contributed by atoms with Gasteiger partial charge >= 0.3 is 0 Å². The van der Waals surface area contributed by atoms with Crippen LogP contribution in [0.3, 0.4) is 0 Å². The van der Waals surface area contributed by atoms with E-state index in [1.54, 1.807) is 11.3 Å². The van der Waals surface area contributed by atoms with Gasteiger partial charge in [0.25, 0.3) is 0 Å². The fraction of sp³-hybridized carbons (Fsp3) is 0.556. The number of carbonyl (C=O) groups is 2. The van der Waals surface area contributed by atoms with Gasteiger partial charge in [0, 0.05) is 30.4 Å². The minimum atomic E-state index is -0.0986. The van der Waals surface area contributed by atoms with Crippen molar-refractivity contribution in [3.8, 4) is 0 Å². The molecule has 2 fully saturated rings. The van der Waals surface area contributed by atoms with Crippen molar-refractivity contribution < 1.29 is 9.59 Å². The Morgan fingerprint density at radius 3 is 2.39 bits per heavy atom. The van der Waals surface area contributed by atoms with Crippen LogP contribution in [0.25, 0.3) is 0 Å². The topological polar surface area (TPSA) is 52.7 Å². The van der Waals surface area contributed by atoms with Crippen LogP contribution in [0.5, 0.6) is 0 Å². The van der Waals surface area contributed by atoms with Gasteiger partial charge in [-0.05, 0) is 81.5 Å². The molecular weight excluding hydrogens is 430 g/mol. The van der Waals surface area contributed by atoms with Crippen LogP contribution in [0.15, 0.2) is 47.8 Å². The molecule has 1 N–H and O–H groups in total. The van der Waals surface area contributed by atoms with Crippen LogP contribution in [0.2, 0.25) is 0 Å². The van der Waals surface area contributed by atoms with Crippen LogP contribution in [0.4, 0.5) is 0 Å². The molecule has 2 aliphatic heterocycles. The summed E-state index contributed by atoms with van der Waals surface area (Å²) < 4.78 is 0. The minimum Gasteiger partial charge on any atom is -0.355 e. The Hall–Kier alpha value is -2.18. The second-order valence-corrected chi connectivity index (χ2v) is 10.6. The van der Waals surface area contributed by atoms with Crippen molar-refractivity contribution in [3.63, 3.8) is 0 Å². The number of piperidine rings is 2. The van der Waals surface area contributed by atoms with E-state index in [-0.39, 0.29) is 23.8 Å². The predicted octanol–water partition coefficient (Wildman–Crippen LogP) is 3.99. The Balaban J connectivity index is 1.16. The number of hydrogen-bond donors (Lipinski definition) is 1. The molecule has 0 radical (unpaired) electrons. The van der Waals surface area contributed by atoms with E-state index in [0.717, 1.165) is 64.7 Å². The summed E-state index contributed by atoms with van der Waals surface area (Å²) in [4.78, 5) is 31.3. The van der Waals surface area contributed by atoms with Crippen LogP contribution < -0.4 is 5.32 Å². The van der Waals surface area contributed by atoms with Crippen LogP contribution in [0, 0.1) is 11.8 Å². The molecule has 6 heteroatoms. The normalized spacial score (nSPS) is 19.4. The second kappa shape index (κ2) is 11.8. The standard InChI is InChI=1S/C27H37N3O2S/c1-21(27(32)30-15-10-23(11-16-30)20-22-6-3-2-4-7-22)29-17-12-24(13-18-29)26(31)28-14-9-25-8-5-19-33-25/h2-8,19,21,23-24H,9-18,20H2,1H3,(H,28,31). The van der Waals surface area contributed by atoms with E-state index in [4.69, 9.17) is 0 Å². The molecule has 1 atom stereocenters.